The van der Waals surface area contributed by atoms with Gasteiger partial charge in [0.25, 0.3) is 10.0 Å². The van der Waals surface area contributed by atoms with Crippen molar-refractivity contribution in [3.05, 3.63) is 27.1 Å². The maximum atomic E-state index is 12.2. The fraction of sp³-hybridized carbons (Fsp3) is 0.222. The third-order valence-electron chi connectivity index (χ3n) is 2.43. The van der Waals surface area contributed by atoms with Crippen molar-refractivity contribution in [3.8, 4) is 0 Å². The summed E-state index contributed by atoms with van der Waals surface area (Å²) in [5, 5.41) is 12.6. The summed E-state index contributed by atoms with van der Waals surface area (Å²) >= 11 is 0.525. The molecule has 0 bridgehead atoms. The third-order valence-corrected chi connectivity index (χ3v) is 5.37. The lowest BCUT2D eigenvalue weighted by molar-refractivity contribution is 0.0698. The first-order chi connectivity index (χ1) is 9.22. The van der Waals surface area contributed by atoms with Crippen molar-refractivity contribution >= 4 is 33.1 Å². The van der Waals surface area contributed by atoms with E-state index in [1.54, 1.807) is 0 Å². The van der Waals surface area contributed by atoms with Crippen LogP contribution in [0.25, 0.3) is 0 Å². The number of aromatic nitrogens is 3. The maximum absolute atomic E-state index is 12.2. The van der Waals surface area contributed by atoms with Gasteiger partial charge in [-0.1, -0.05) is 11.3 Å². The number of aromatic carboxylic acids is 1. The molecule has 108 valence electrons. The van der Waals surface area contributed by atoms with Crippen molar-refractivity contribution in [2.24, 2.45) is 7.05 Å². The van der Waals surface area contributed by atoms with Crippen LogP contribution < -0.4 is 9.60 Å². The molecule has 11 heteroatoms. The zero-order valence-electron chi connectivity index (χ0n) is 10.4. The van der Waals surface area contributed by atoms with E-state index in [-0.39, 0.29) is 21.3 Å². The quantitative estimate of drug-likeness (QED) is 0.725. The first-order valence-corrected chi connectivity index (χ1v) is 7.50. The van der Waals surface area contributed by atoms with E-state index in [1.807, 2.05) is 0 Å². The fourth-order valence-electron chi connectivity index (χ4n) is 1.54. The van der Waals surface area contributed by atoms with E-state index in [9.17, 15) is 18.0 Å². The average Bonchev–Trinajstić information content (AvgIpc) is 2.83. The Hall–Kier alpha value is -2.14. The summed E-state index contributed by atoms with van der Waals surface area (Å²) in [5.41, 5.74) is -0.0943. The Labute approximate surface area is 116 Å². The van der Waals surface area contributed by atoms with E-state index in [0.29, 0.717) is 11.3 Å². The molecule has 9 nitrogen and oxygen atoms in total. The summed E-state index contributed by atoms with van der Waals surface area (Å²) in [5.74, 6) is -1.49. The Balaban J connectivity index is 2.49. The van der Waals surface area contributed by atoms with Crippen LogP contribution in [0.2, 0.25) is 0 Å². The molecule has 2 aromatic rings. The summed E-state index contributed by atoms with van der Waals surface area (Å²) < 4.78 is 27.4. The number of aryl methyl sites for hydroxylation is 2. The first kappa shape index (κ1) is 14.3. The fourth-order valence-corrected chi connectivity index (χ4v) is 3.95. The number of nitrogens with zero attached hydrogens (tertiary/aromatic N) is 2. The van der Waals surface area contributed by atoms with Gasteiger partial charge >= 0.3 is 10.8 Å². The summed E-state index contributed by atoms with van der Waals surface area (Å²) in [4.78, 5) is 24.0. The summed E-state index contributed by atoms with van der Waals surface area (Å²) in [7, 11) is -2.66. The molecule has 0 saturated heterocycles. The van der Waals surface area contributed by atoms with Gasteiger partial charge in [0.1, 0.15) is 5.56 Å². The number of carboxylic acids is 1. The Morgan fingerprint density at radius 2 is 2.20 bits per heavy atom. The summed E-state index contributed by atoms with van der Waals surface area (Å²) in [6.45, 7) is 1.44. The number of carbonyl (C=O) groups is 1. The van der Waals surface area contributed by atoms with Gasteiger partial charge < -0.3 is 10.1 Å². The molecular formula is C9H10N4O5S2. The number of rotatable bonds is 4. The SMILES string of the molecule is Cc1[nH]c(=O)sc1S(=O)(=O)Nc1c(C(=O)O)cnn1C. The summed E-state index contributed by atoms with van der Waals surface area (Å²) in [6, 6.07) is 0. The molecule has 0 saturated carbocycles. The van der Waals surface area contributed by atoms with Crippen LogP contribution in [0.4, 0.5) is 5.82 Å². The second-order valence-electron chi connectivity index (χ2n) is 3.87. The van der Waals surface area contributed by atoms with Crippen LogP contribution in [0.1, 0.15) is 16.1 Å². The molecule has 0 aromatic carbocycles. The smallest absolute Gasteiger partial charge is 0.341 e. The highest BCUT2D eigenvalue weighted by Crippen LogP contribution is 2.22. The third kappa shape index (κ3) is 2.44. The molecule has 0 unspecified atom stereocenters. The number of anilines is 1. The number of hydrogen-bond acceptors (Lipinski definition) is 6. The van der Waals surface area contributed by atoms with Crippen molar-refractivity contribution in [2.75, 3.05) is 4.72 Å². The van der Waals surface area contributed by atoms with E-state index in [0.717, 1.165) is 10.9 Å². The number of H-pyrrole nitrogens is 1. The molecule has 2 rings (SSSR count). The molecule has 0 aliphatic heterocycles. The Morgan fingerprint density at radius 1 is 1.55 bits per heavy atom. The molecule has 2 heterocycles. The molecule has 0 spiro atoms. The van der Waals surface area contributed by atoms with Crippen LogP contribution in [0.15, 0.2) is 15.2 Å². The highest BCUT2D eigenvalue weighted by Gasteiger charge is 2.25. The van der Waals surface area contributed by atoms with E-state index in [2.05, 4.69) is 14.8 Å². The molecule has 0 atom stereocenters. The van der Waals surface area contributed by atoms with Crippen molar-refractivity contribution in [1.82, 2.24) is 14.8 Å². The van der Waals surface area contributed by atoms with Gasteiger partial charge in [0.2, 0.25) is 0 Å². The minimum atomic E-state index is -4.06. The number of thiazole rings is 1. The van der Waals surface area contributed by atoms with Crippen molar-refractivity contribution < 1.29 is 18.3 Å². The Bertz CT molecular complexity index is 829. The van der Waals surface area contributed by atoms with Gasteiger partial charge in [-0.15, -0.1) is 0 Å². The predicted octanol–water partition coefficient (Wildman–Crippen LogP) is -0.0227. The maximum Gasteiger partial charge on any atom is 0.341 e. The molecule has 3 N–H and O–H groups in total. The summed E-state index contributed by atoms with van der Waals surface area (Å²) in [6.07, 6.45) is 1.03. The normalized spacial score (nSPS) is 11.5. The van der Waals surface area contributed by atoms with E-state index < -0.39 is 20.9 Å². The van der Waals surface area contributed by atoms with Gasteiger partial charge in [0.15, 0.2) is 10.0 Å². The van der Waals surface area contributed by atoms with Crippen LogP contribution >= 0.6 is 11.3 Å². The molecule has 0 radical (unpaired) electrons. The molecule has 0 aliphatic rings. The van der Waals surface area contributed by atoms with Gasteiger partial charge in [-0.05, 0) is 6.92 Å². The van der Waals surface area contributed by atoms with Gasteiger partial charge in [0, 0.05) is 12.7 Å². The zero-order chi connectivity index (χ0) is 15.1. The minimum Gasteiger partial charge on any atom is -0.477 e. The zero-order valence-corrected chi connectivity index (χ0v) is 12.0. The van der Waals surface area contributed by atoms with E-state index in [1.165, 1.54) is 14.0 Å². The van der Waals surface area contributed by atoms with Crippen LogP contribution in [0, 0.1) is 6.92 Å². The largest absolute Gasteiger partial charge is 0.477 e. The average molecular weight is 318 g/mol. The molecular weight excluding hydrogens is 308 g/mol. The highest BCUT2D eigenvalue weighted by atomic mass is 32.2. The molecule has 0 fully saturated rings. The van der Waals surface area contributed by atoms with Crippen molar-refractivity contribution in [1.29, 1.82) is 0 Å². The van der Waals surface area contributed by atoms with Crippen LogP contribution in [0.3, 0.4) is 0 Å². The lowest BCUT2D eigenvalue weighted by Gasteiger charge is -2.08. The van der Waals surface area contributed by atoms with Crippen LogP contribution in [-0.2, 0) is 17.1 Å². The van der Waals surface area contributed by atoms with Gasteiger partial charge in [-0.2, -0.15) is 5.10 Å². The predicted molar refractivity (Wildman–Crippen MR) is 70.7 cm³/mol. The van der Waals surface area contributed by atoms with E-state index in [4.69, 9.17) is 5.11 Å². The second-order valence-corrected chi connectivity index (χ2v) is 6.73. The van der Waals surface area contributed by atoms with Gasteiger partial charge in [-0.25, -0.2) is 13.2 Å². The van der Waals surface area contributed by atoms with Crippen LogP contribution in [-0.4, -0.2) is 34.3 Å². The number of aromatic amines is 1. The standard InChI is InChI=1S/C9H10N4O5S2/c1-4-8(19-9(16)11-4)20(17,18)12-6-5(7(14)15)3-10-13(6)2/h3,12H,1-2H3,(H,11,16)(H,14,15). The van der Waals surface area contributed by atoms with Crippen molar-refractivity contribution in [3.63, 3.8) is 0 Å². The molecule has 2 aromatic heterocycles. The minimum absolute atomic E-state index is 0.183. The molecule has 0 amide bonds. The van der Waals surface area contributed by atoms with Crippen LogP contribution in [0.5, 0.6) is 0 Å². The number of carboxylic acid groups (broad SMARTS) is 1. The van der Waals surface area contributed by atoms with Gasteiger partial charge in [0.05, 0.1) is 6.20 Å². The first-order valence-electron chi connectivity index (χ1n) is 5.20. The Kier molecular flexibility index (Phi) is 3.39. The monoisotopic (exact) mass is 318 g/mol. The Morgan fingerprint density at radius 3 is 2.70 bits per heavy atom. The lowest BCUT2D eigenvalue weighted by atomic mass is 10.3. The molecule has 20 heavy (non-hydrogen) atoms. The van der Waals surface area contributed by atoms with Gasteiger partial charge in [-0.3, -0.25) is 14.2 Å². The number of nitrogens with one attached hydrogen (secondary N) is 2. The number of hydrogen-bond donors (Lipinski definition) is 3. The van der Waals surface area contributed by atoms with Crippen molar-refractivity contribution in [2.45, 2.75) is 11.1 Å². The lowest BCUT2D eigenvalue weighted by Crippen LogP contribution is -2.17. The molecule has 0 aliphatic carbocycles. The number of sulfonamides is 1. The van der Waals surface area contributed by atoms with E-state index >= 15 is 0 Å². The topological polar surface area (TPSA) is 134 Å². The second kappa shape index (κ2) is 4.76. The highest BCUT2D eigenvalue weighted by molar-refractivity contribution is 7.94.